The first-order valence-corrected chi connectivity index (χ1v) is 10.2. The van der Waals surface area contributed by atoms with E-state index in [1.807, 2.05) is 37.5 Å². The molecule has 3 rings (SSSR count). The minimum atomic E-state index is -0.344. The molecule has 1 aromatic heterocycles. The standard InChI is InChI=1S/C21H23FN4O2S/c1-4-26-19(12-28-18-10-14(2)9-15(3)11-18)24-25-21(26)29-13-20(27)23-17-7-5-16(22)6-8-17/h5-11H,4,12-13H2,1-3H3,(H,23,27). The molecule has 0 atom stereocenters. The van der Waals surface area contributed by atoms with Gasteiger partial charge in [0.2, 0.25) is 5.91 Å². The number of nitrogens with zero attached hydrogens (tertiary/aromatic N) is 3. The van der Waals surface area contributed by atoms with Gasteiger partial charge in [-0.1, -0.05) is 17.8 Å². The smallest absolute Gasteiger partial charge is 0.234 e. The minimum Gasteiger partial charge on any atom is -0.486 e. The van der Waals surface area contributed by atoms with E-state index in [-0.39, 0.29) is 17.5 Å². The molecule has 0 aliphatic carbocycles. The van der Waals surface area contributed by atoms with E-state index in [1.165, 1.54) is 36.0 Å². The van der Waals surface area contributed by atoms with Crippen molar-refractivity contribution in [3.05, 3.63) is 65.2 Å². The highest BCUT2D eigenvalue weighted by molar-refractivity contribution is 7.99. The summed E-state index contributed by atoms with van der Waals surface area (Å²) in [5, 5.41) is 11.8. The summed E-state index contributed by atoms with van der Waals surface area (Å²) in [7, 11) is 0. The van der Waals surface area contributed by atoms with Gasteiger partial charge in [0, 0.05) is 12.2 Å². The van der Waals surface area contributed by atoms with Gasteiger partial charge in [0.05, 0.1) is 5.75 Å². The van der Waals surface area contributed by atoms with Crippen LogP contribution in [0, 0.1) is 19.7 Å². The summed E-state index contributed by atoms with van der Waals surface area (Å²) in [6.45, 7) is 7.01. The third-order valence-corrected chi connectivity index (χ3v) is 5.10. The fourth-order valence-corrected chi connectivity index (χ4v) is 3.70. The van der Waals surface area contributed by atoms with Gasteiger partial charge in [-0.2, -0.15) is 0 Å². The predicted octanol–water partition coefficient (Wildman–Crippen LogP) is 4.36. The summed E-state index contributed by atoms with van der Waals surface area (Å²) in [6, 6.07) is 11.7. The number of rotatable bonds is 8. The zero-order chi connectivity index (χ0) is 20.8. The van der Waals surface area contributed by atoms with Crippen molar-refractivity contribution >= 4 is 23.4 Å². The number of carbonyl (C=O) groups is 1. The van der Waals surface area contributed by atoms with Crippen LogP contribution < -0.4 is 10.1 Å². The molecule has 0 saturated carbocycles. The van der Waals surface area contributed by atoms with E-state index in [0.29, 0.717) is 29.8 Å². The molecule has 0 radical (unpaired) electrons. The lowest BCUT2D eigenvalue weighted by atomic mass is 10.1. The molecule has 6 nitrogen and oxygen atoms in total. The second-order valence-corrected chi connectivity index (χ2v) is 7.54. The number of anilines is 1. The van der Waals surface area contributed by atoms with Crippen molar-refractivity contribution in [2.45, 2.75) is 39.1 Å². The Hall–Kier alpha value is -2.87. The van der Waals surface area contributed by atoms with E-state index in [0.717, 1.165) is 16.9 Å². The van der Waals surface area contributed by atoms with Crippen molar-refractivity contribution in [1.29, 1.82) is 0 Å². The van der Waals surface area contributed by atoms with E-state index < -0.39 is 0 Å². The molecular weight excluding hydrogens is 391 g/mol. The van der Waals surface area contributed by atoms with Crippen molar-refractivity contribution in [2.24, 2.45) is 0 Å². The SMILES string of the molecule is CCn1c(COc2cc(C)cc(C)c2)nnc1SCC(=O)Nc1ccc(F)cc1. The summed E-state index contributed by atoms with van der Waals surface area (Å²) in [5.41, 5.74) is 2.83. The third kappa shape index (κ3) is 5.80. The van der Waals surface area contributed by atoms with E-state index in [1.54, 1.807) is 0 Å². The van der Waals surface area contributed by atoms with Crippen LogP contribution in [-0.4, -0.2) is 26.4 Å². The molecule has 1 heterocycles. The lowest BCUT2D eigenvalue weighted by Gasteiger charge is -2.10. The van der Waals surface area contributed by atoms with Gasteiger partial charge in [-0.05, 0) is 68.3 Å². The lowest BCUT2D eigenvalue weighted by Crippen LogP contribution is -2.15. The molecule has 29 heavy (non-hydrogen) atoms. The minimum absolute atomic E-state index is 0.174. The maximum absolute atomic E-state index is 12.9. The monoisotopic (exact) mass is 414 g/mol. The van der Waals surface area contributed by atoms with Crippen molar-refractivity contribution in [3.8, 4) is 5.75 Å². The number of benzene rings is 2. The first-order chi connectivity index (χ1) is 13.9. The Morgan fingerprint density at radius 1 is 1.14 bits per heavy atom. The fourth-order valence-electron chi connectivity index (χ4n) is 2.87. The number of hydrogen-bond acceptors (Lipinski definition) is 5. The number of halogens is 1. The Labute approximate surface area is 173 Å². The van der Waals surface area contributed by atoms with Gasteiger partial charge >= 0.3 is 0 Å². The van der Waals surface area contributed by atoms with E-state index in [2.05, 4.69) is 21.6 Å². The van der Waals surface area contributed by atoms with E-state index in [4.69, 9.17) is 4.74 Å². The van der Waals surface area contributed by atoms with Crippen LogP contribution in [0.1, 0.15) is 23.9 Å². The van der Waals surface area contributed by atoms with E-state index >= 15 is 0 Å². The number of ether oxygens (including phenoxy) is 1. The summed E-state index contributed by atoms with van der Waals surface area (Å²) >= 11 is 1.30. The summed E-state index contributed by atoms with van der Waals surface area (Å²) in [4.78, 5) is 12.1. The van der Waals surface area contributed by atoms with Gasteiger partial charge in [-0.3, -0.25) is 4.79 Å². The van der Waals surface area contributed by atoms with Crippen molar-refractivity contribution in [2.75, 3.05) is 11.1 Å². The first-order valence-electron chi connectivity index (χ1n) is 9.26. The normalized spacial score (nSPS) is 10.8. The van der Waals surface area contributed by atoms with Crippen LogP contribution in [-0.2, 0) is 17.9 Å². The molecule has 2 aromatic carbocycles. The van der Waals surface area contributed by atoms with Crippen LogP contribution in [0.15, 0.2) is 47.6 Å². The molecule has 1 amide bonds. The molecular formula is C21H23FN4O2S. The molecule has 0 aliphatic rings. The number of hydrogen-bond donors (Lipinski definition) is 1. The first kappa shape index (κ1) is 20.9. The molecule has 0 saturated heterocycles. The summed E-state index contributed by atoms with van der Waals surface area (Å²) in [5.74, 6) is 1.13. The Morgan fingerprint density at radius 2 is 1.83 bits per heavy atom. The third-order valence-electron chi connectivity index (χ3n) is 4.13. The van der Waals surface area contributed by atoms with Crippen LogP contribution in [0.25, 0.3) is 0 Å². The quantitative estimate of drug-likeness (QED) is 0.555. The number of nitrogens with one attached hydrogen (secondary N) is 1. The molecule has 0 unspecified atom stereocenters. The van der Waals surface area contributed by atoms with Gasteiger partial charge in [-0.15, -0.1) is 10.2 Å². The largest absolute Gasteiger partial charge is 0.486 e. The number of aromatic nitrogens is 3. The fraction of sp³-hybridized carbons (Fsp3) is 0.286. The van der Waals surface area contributed by atoms with Crippen LogP contribution in [0.2, 0.25) is 0 Å². The van der Waals surface area contributed by atoms with E-state index in [9.17, 15) is 9.18 Å². The van der Waals surface area contributed by atoms with Crippen LogP contribution >= 0.6 is 11.8 Å². The molecule has 1 N–H and O–H groups in total. The average molecular weight is 415 g/mol. The molecule has 0 aliphatic heterocycles. The summed E-state index contributed by atoms with van der Waals surface area (Å²) < 4.78 is 20.8. The van der Waals surface area contributed by atoms with Gasteiger partial charge in [0.25, 0.3) is 0 Å². The number of amides is 1. The number of carbonyl (C=O) groups excluding carboxylic acids is 1. The van der Waals surface area contributed by atoms with Gasteiger partial charge in [0.15, 0.2) is 11.0 Å². The molecule has 0 fully saturated rings. The van der Waals surface area contributed by atoms with Crippen molar-refractivity contribution in [3.63, 3.8) is 0 Å². The maximum Gasteiger partial charge on any atom is 0.234 e. The molecule has 8 heteroatoms. The Balaban J connectivity index is 1.58. The second-order valence-electron chi connectivity index (χ2n) is 6.60. The Bertz CT molecular complexity index is 969. The summed E-state index contributed by atoms with van der Waals surface area (Å²) in [6.07, 6.45) is 0. The lowest BCUT2D eigenvalue weighted by molar-refractivity contribution is -0.113. The molecule has 0 bridgehead atoms. The van der Waals surface area contributed by atoms with Gasteiger partial charge in [0.1, 0.15) is 18.2 Å². The molecule has 152 valence electrons. The van der Waals surface area contributed by atoms with Gasteiger partial charge in [-0.25, -0.2) is 4.39 Å². The predicted molar refractivity (Wildman–Crippen MR) is 112 cm³/mol. The van der Waals surface area contributed by atoms with Crippen LogP contribution in [0.5, 0.6) is 5.75 Å². The van der Waals surface area contributed by atoms with Gasteiger partial charge < -0.3 is 14.6 Å². The van der Waals surface area contributed by atoms with Crippen molar-refractivity contribution < 1.29 is 13.9 Å². The zero-order valence-corrected chi connectivity index (χ0v) is 17.4. The number of thioether (sulfide) groups is 1. The van der Waals surface area contributed by atoms with Crippen LogP contribution in [0.3, 0.4) is 0 Å². The highest BCUT2D eigenvalue weighted by atomic mass is 32.2. The zero-order valence-electron chi connectivity index (χ0n) is 16.6. The van der Waals surface area contributed by atoms with Crippen LogP contribution in [0.4, 0.5) is 10.1 Å². The highest BCUT2D eigenvalue weighted by Gasteiger charge is 2.14. The Kier molecular flexibility index (Phi) is 6.87. The van der Waals surface area contributed by atoms with Crippen molar-refractivity contribution in [1.82, 2.24) is 14.8 Å². The number of aryl methyl sites for hydroxylation is 2. The highest BCUT2D eigenvalue weighted by Crippen LogP contribution is 2.21. The average Bonchev–Trinajstić information content (AvgIpc) is 3.07. The Morgan fingerprint density at radius 3 is 2.48 bits per heavy atom. The second kappa shape index (κ2) is 9.56. The topological polar surface area (TPSA) is 69.0 Å². The molecule has 3 aromatic rings. The maximum atomic E-state index is 12.9. The molecule has 0 spiro atoms.